The molecule has 3 saturated carbocycles. The topological polar surface area (TPSA) is 61.1 Å². The maximum Gasteiger partial charge on any atom is 0.156 e. The highest BCUT2D eigenvalue weighted by atomic mass is 16.3. The van der Waals surface area contributed by atoms with Gasteiger partial charge in [0.15, 0.2) is 11.4 Å². The molecule has 4 aliphatic rings. The van der Waals surface area contributed by atoms with E-state index in [0.29, 0.717) is 36.4 Å². The Morgan fingerprint density at radius 1 is 1.13 bits per heavy atom. The summed E-state index contributed by atoms with van der Waals surface area (Å²) in [6, 6.07) is 2.25. The zero-order valence-corrected chi connectivity index (χ0v) is 14.3. The molecule has 23 heavy (non-hydrogen) atoms. The minimum absolute atomic E-state index is 0.172. The van der Waals surface area contributed by atoms with Crippen molar-refractivity contribution in [3.05, 3.63) is 11.6 Å². The lowest BCUT2D eigenvalue weighted by Crippen LogP contribution is -2.54. The average molecular weight is 313 g/mol. The first-order valence-corrected chi connectivity index (χ1v) is 9.22. The summed E-state index contributed by atoms with van der Waals surface area (Å²) in [5, 5.41) is 20.4. The van der Waals surface area contributed by atoms with E-state index in [0.717, 1.165) is 38.5 Å². The van der Waals surface area contributed by atoms with Gasteiger partial charge in [0.1, 0.15) is 0 Å². The molecule has 0 bridgehead atoms. The maximum atomic E-state index is 11.8. The highest BCUT2D eigenvalue weighted by molar-refractivity contribution is 5.91. The number of allylic oxidation sites excluding steroid dienone is 1. The molecule has 0 aliphatic heterocycles. The summed E-state index contributed by atoms with van der Waals surface area (Å²) in [5.41, 5.74) is 0.172. The molecule has 0 aromatic rings. The largest absolute Gasteiger partial charge is 0.375 e. The van der Waals surface area contributed by atoms with Crippen molar-refractivity contribution < 1.29 is 9.90 Å². The zero-order valence-electron chi connectivity index (χ0n) is 14.3. The first kappa shape index (κ1) is 15.4. The van der Waals surface area contributed by atoms with Crippen molar-refractivity contribution in [3.63, 3.8) is 0 Å². The van der Waals surface area contributed by atoms with Gasteiger partial charge in [0.25, 0.3) is 0 Å². The van der Waals surface area contributed by atoms with Gasteiger partial charge in [-0.05, 0) is 74.2 Å². The van der Waals surface area contributed by atoms with Gasteiger partial charge < -0.3 is 5.11 Å². The van der Waals surface area contributed by atoms with Gasteiger partial charge >= 0.3 is 0 Å². The van der Waals surface area contributed by atoms with E-state index in [-0.39, 0.29) is 10.8 Å². The van der Waals surface area contributed by atoms with Gasteiger partial charge in [0.2, 0.25) is 0 Å². The third kappa shape index (κ3) is 1.82. The van der Waals surface area contributed by atoms with Crippen LogP contribution in [0.2, 0.25) is 0 Å². The summed E-state index contributed by atoms with van der Waals surface area (Å²) >= 11 is 0. The third-order valence-electron chi connectivity index (χ3n) is 8.30. The van der Waals surface area contributed by atoms with Crippen LogP contribution in [0.3, 0.4) is 0 Å². The Kier molecular flexibility index (Phi) is 3.14. The van der Waals surface area contributed by atoms with E-state index in [4.69, 9.17) is 0 Å². The summed E-state index contributed by atoms with van der Waals surface area (Å²) in [6.45, 7) is 4.53. The minimum Gasteiger partial charge on any atom is -0.375 e. The number of nitriles is 1. The van der Waals surface area contributed by atoms with E-state index >= 15 is 0 Å². The minimum atomic E-state index is -1.14. The molecular formula is C20H27NO2. The number of aliphatic hydroxyl groups is 1. The Labute approximate surface area is 138 Å². The van der Waals surface area contributed by atoms with Crippen LogP contribution in [0, 0.1) is 39.9 Å². The summed E-state index contributed by atoms with van der Waals surface area (Å²) in [5.74, 6) is 1.99. The predicted octanol–water partition coefficient (Wildman–Crippen LogP) is 3.77. The number of hydrogen-bond donors (Lipinski definition) is 1. The van der Waals surface area contributed by atoms with Crippen LogP contribution in [-0.2, 0) is 4.79 Å². The molecule has 4 aliphatic carbocycles. The number of rotatable bonds is 0. The lowest BCUT2D eigenvalue weighted by Gasteiger charge is -2.58. The van der Waals surface area contributed by atoms with E-state index < -0.39 is 5.60 Å². The fourth-order valence-electron chi connectivity index (χ4n) is 6.76. The van der Waals surface area contributed by atoms with Crippen molar-refractivity contribution in [2.75, 3.05) is 0 Å². The van der Waals surface area contributed by atoms with E-state index in [9.17, 15) is 15.2 Å². The van der Waals surface area contributed by atoms with Crippen LogP contribution >= 0.6 is 0 Å². The second kappa shape index (κ2) is 4.70. The monoisotopic (exact) mass is 313 g/mol. The van der Waals surface area contributed by atoms with Crippen LogP contribution in [0.15, 0.2) is 11.6 Å². The summed E-state index contributed by atoms with van der Waals surface area (Å²) in [7, 11) is 0. The highest BCUT2D eigenvalue weighted by Crippen LogP contribution is 2.67. The molecule has 3 heteroatoms. The van der Waals surface area contributed by atoms with Crippen molar-refractivity contribution in [1.82, 2.24) is 0 Å². The van der Waals surface area contributed by atoms with E-state index in [2.05, 4.69) is 19.9 Å². The number of carbonyl (C=O) groups is 1. The molecule has 124 valence electrons. The summed E-state index contributed by atoms with van der Waals surface area (Å²) in [4.78, 5) is 11.8. The van der Waals surface area contributed by atoms with Crippen molar-refractivity contribution in [3.8, 4) is 6.07 Å². The van der Waals surface area contributed by atoms with E-state index in [1.807, 2.05) is 6.08 Å². The molecule has 0 saturated heterocycles. The van der Waals surface area contributed by atoms with Crippen molar-refractivity contribution in [2.24, 2.45) is 28.6 Å². The average Bonchev–Trinajstić information content (AvgIpc) is 2.80. The van der Waals surface area contributed by atoms with Crippen LogP contribution in [-0.4, -0.2) is 16.5 Å². The van der Waals surface area contributed by atoms with Crippen molar-refractivity contribution in [2.45, 2.75) is 70.8 Å². The Balaban J connectivity index is 1.70. The first-order valence-electron chi connectivity index (χ1n) is 9.22. The van der Waals surface area contributed by atoms with Crippen LogP contribution in [0.1, 0.15) is 65.2 Å². The Bertz CT molecular complexity index is 632. The normalized spacial score (nSPS) is 52.0. The lowest BCUT2D eigenvalue weighted by molar-refractivity contribution is -0.119. The SMILES string of the molecule is C[C@]12CCC(=O)C=C1CCC1C2CC[C@@]2(C)C1CC[C@@]2(O)C#N. The van der Waals surface area contributed by atoms with Crippen LogP contribution < -0.4 is 0 Å². The van der Waals surface area contributed by atoms with Gasteiger partial charge in [-0.1, -0.05) is 19.4 Å². The fourth-order valence-corrected chi connectivity index (χ4v) is 6.76. The molecule has 0 heterocycles. The number of hydrogen-bond acceptors (Lipinski definition) is 3. The van der Waals surface area contributed by atoms with Crippen LogP contribution in [0.5, 0.6) is 0 Å². The second-order valence-electron chi connectivity index (χ2n) is 8.94. The molecule has 0 spiro atoms. The number of carbonyl (C=O) groups excluding carboxylic acids is 1. The molecule has 0 aromatic carbocycles. The molecule has 0 amide bonds. The Morgan fingerprint density at radius 3 is 2.61 bits per heavy atom. The van der Waals surface area contributed by atoms with Crippen molar-refractivity contribution >= 4 is 5.78 Å². The smallest absolute Gasteiger partial charge is 0.156 e. The maximum absolute atomic E-state index is 11.8. The molecule has 0 aromatic heterocycles. The van der Waals surface area contributed by atoms with E-state index in [1.165, 1.54) is 5.57 Å². The van der Waals surface area contributed by atoms with Crippen molar-refractivity contribution in [1.29, 1.82) is 5.26 Å². The molecular weight excluding hydrogens is 286 g/mol. The molecule has 3 nitrogen and oxygen atoms in total. The summed E-state index contributed by atoms with van der Waals surface area (Å²) in [6.07, 6.45) is 9.42. The third-order valence-corrected chi connectivity index (χ3v) is 8.30. The first-order chi connectivity index (χ1) is 10.8. The highest BCUT2D eigenvalue weighted by Gasteiger charge is 2.64. The predicted molar refractivity (Wildman–Crippen MR) is 87.3 cm³/mol. The number of fused-ring (bicyclic) bond motifs is 5. The van der Waals surface area contributed by atoms with Gasteiger partial charge in [0, 0.05) is 11.8 Å². The molecule has 1 N–H and O–H groups in total. The molecule has 0 radical (unpaired) electrons. The standard InChI is InChI=1S/C20H27NO2/c1-18-8-5-14(22)11-13(18)3-4-15-16(18)6-9-19(2)17(15)7-10-20(19,23)12-21/h11,15-17,23H,3-10H2,1-2H3/t15?,16?,17?,18-,19-,20+/m0/s1. The fraction of sp³-hybridized carbons (Fsp3) is 0.800. The lowest BCUT2D eigenvalue weighted by atomic mass is 9.46. The molecule has 3 fully saturated rings. The quantitative estimate of drug-likeness (QED) is 0.692. The zero-order chi connectivity index (χ0) is 16.5. The van der Waals surface area contributed by atoms with E-state index in [1.54, 1.807) is 0 Å². The van der Waals surface area contributed by atoms with Gasteiger partial charge in [-0.3, -0.25) is 4.79 Å². The van der Waals surface area contributed by atoms with Crippen LogP contribution in [0.4, 0.5) is 0 Å². The number of nitrogens with zero attached hydrogens (tertiary/aromatic N) is 1. The molecule has 3 unspecified atom stereocenters. The van der Waals surface area contributed by atoms with Gasteiger partial charge in [-0.15, -0.1) is 0 Å². The Hall–Kier alpha value is -1.14. The molecule has 4 rings (SSSR count). The van der Waals surface area contributed by atoms with Gasteiger partial charge in [-0.2, -0.15) is 5.26 Å². The van der Waals surface area contributed by atoms with Gasteiger partial charge in [0.05, 0.1) is 6.07 Å². The van der Waals surface area contributed by atoms with Crippen LogP contribution in [0.25, 0.3) is 0 Å². The van der Waals surface area contributed by atoms with Gasteiger partial charge in [-0.25, -0.2) is 0 Å². The summed E-state index contributed by atoms with van der Waals surface area (Å²) < 4.78 is 0. The second-order valence-corrected chi connectivity index (χ2v) is 8.94. The number of ketones is 1. The Morgan fingerprint density at radius 2 is 1.87 bits per heavy atom. The molecule has 6 atom stereocenters.